The molecule has 3 aromatic rings. The second-order valence-corrected chi connectivity index (χ2v) is 6.65. The minimum absolute atomic E-state index is 0.105. The molecule has 6 nitrogen and oxygen atoms in total. The van der Waals surface area contributed by atoms with E-state index in [9.17, 15) is 9.59 Å². The zero-order chi connectivity index (χ0) is 19.4. The molecule has 0 saturated heterocycles. The van der Waals surface area contributed by atoms with Gasteiger partial charge in [-0.05, 0) is 55.7 Å². The number of carbonyl (C=O) groups excluding carboxylic acids is 2. The number of amides is 2. The van der Waals surface area contributed by atoms with Gasteiger partial charge in [-0.3, -0.25) is 20.4 Å². The Labute approximate surface area is 157 Å². The van der Waals surface area contributed by atoms with Crippen LogP contribution in [0.1, 0.15) is 22.3 Å². The first-order chi connectivity index (χ1) is 12.9. The summed E-state index contributed by atoms with van der Waals surface area (Å²) < 4.78 is 10.9. The first-order valence-electron chi connectivity index (χ1n) is 8.66. The molecule has 2 N–H and O–H groups in total. The molecule has 0 radical (unpaired) electrons. The van der Waals surface area contributed by atoms with E-state index in [0.717, 1.165) is 33.2 Å². The average molecular weight is 366 g/mol. The van der Waals surface area contributed by atoms with E-state index < -0.39 is 5.91 Å². The predicted molar refractivity (Wildman–Crippen MR) is 102 cm³/mol. The molecule has 0 fully saturated rings. The topological polar surface area (TPSA) is 80.6 Å². The van der Waals surface area contributed by atoms with Crippen LogP contribution in [0.5, 0.6) is 5.75 Å². The second kappa shape index (κ2) is 7.95. The van der Waals surface area contributed by atoms with Crippen LogP contribution < -0.4 is 15.6 Å². The predicted octanol–water partition coefficient (Wildman–Crippen LogP) is 3.13. The molecular formula is C21H22N2O4. The summed E-state index contributed by atoms with van der Waals surface area (Å²) in [7, 11) is 0. The molecule has 1 aromatic heterocycles. The van der Waals surface area contributed by atoms with Crippen molar-refractivity contribution in [2.45, 2.75) is 27.2 Å². The summed E-state index contributed by atoms with van der Waals surface area (Å²) in [5, 5.41) is 0.889. The van der Waals surface area contributed by atoms with Gasteiger partial charge in [0, 0.05) is 10.9 Å². The number of ether oxygens (including phenoxy) is 1. The van der Waals surface area contributed by atoms with E-state index in [2.05, 4.69) is 10.9 Å². The van der Waals surface area contributed by atoms with Gasteiger partial charge in [-0.15, -0.1) is 0 Å². The molecule has 6 heteroatoms. The molecule has 0 unspecified atom stereocenters. The summed E-state index contributed by atoms with van der Waals surface area (Å²) in [5.41, 5.74) is 9.46. The van der Waals surface area contributed by atoms with Crippen LogP contribution in [0.25, 0.3) is 11.0 Å². The number of hydrogen-bond donors (Lipinski definition) is 2. The third kappa shape index (κ3) is 4.88. The Bertz CT molecular complexity index is 971. The molecule has 0 atom stereocenters. The highest BCUT2D eigenvalue weighted by atomic mass is 16.5. The maximum absolute atomic E-state index is 12.1. The van der Waals surface area contributed by atoms with Crippen molar-refractivity contribution >= 4 is 22.8 Å². The number of aryl methyl sites for hydroxylation is 3. The second-order valence-electron chi connectivity index (χ2n) is 6.65. The van der Waals surface area contributed by atoms with E-state index in [1.165, 1.54) is 0 Å². The zero-order valence-corrected chi connectivity index (χ0v) is 15.6. The van der Waals surface area contributed by atoms with Crippen molar-refractivity contribution in [3.8, 4) is 5.75 Å². The highest BCUT2D eigenvalue weighted by Gasteiger charge is 2.11. The standard InChI is InChI=1S/C21H22N2O4/c1-13-4-5-18-16(11-27-19(18)9-13)10-20(24)22-23-21(25)12-26-17-7-14(2)6-15(3)8-17/h4-9,11H,10,12H2,1-3H3,(H,22,24)(H,23,25). The SMILES string of the molecule is Cc1cc(C)cc(OCC(=O)NNC(=O)Cc2coc3cc(C)ccc23)c1. The fourth-order valence-corrected chi connectivity index (χ4v) is 2.89. The van der Waals surface area contributed by atoms with E-state index in [4.69, 9.17) is 9.15 Å². The van der Waals surface area contributed by atoms with Gasteiger partial charge in [0.05, 0.1) is 12.7 Å². The van der Waals surface area contributed by atoms with E-state index in [1.807, 2.05) is 57.2 Å². The van der Waals surface area contributed by atoms with Crippen LogP contribution in [0.2, 0.25) is 0 Å². The van der Waals surface area contributed by atoms with Crippen molar-refractivity contribution < 1.29 is 18.7 Å². The molecule has 0 bridgehead atoms. The van der Waals surface area contributed by atoms with Gasteiger partial charge in [0.2, 0.25) is 5.91 Å². The summed E-state index contributed by atoms with van der Waals surface area (Å²) in [6, 6.07) is 11.5. The summed E-state index contributed by atoms with van der Waals surface area (Å²) in [6.45, 7) is 5.71. The molecule has 27 heavy (non-hydrogen) atoms. The molecular weight excluding hydrogens is 344 g/mol. The van der Waals surface area contributed by atoms with Crippen molar-refractivity contribution in [1.82, 2.24) is 10.9 Å². The van der Waals surface area contributed by atoms with Crippen molar-refractivity contribution in [3.63, 3.8) is 0 Å². The Morgan fingerprint density at radius 3 is 2.37 bits per heavy atom. The summed E-state index contributed by atoms with van der Waals surface area (Å²) in [5.74, 6) is -0.151. The third-order valence-corrected chi connectivity index (χ3v) is 4.07. The first-order valence-corrected chi connectivity index (χ1v) is 8.66. The van der Waals surface area contributed by atoms with E-state index in [1.54, 1.807) is 6.26 Å². The van der Waals surface area contributed by atoms with Crippen LogP contribution >= 0.6 is 0 Å². The molecule has 2 amide bonds. The highest BCUT2D eigenvalue weighted by Crippen LogP contribution is 2.22. The molecule has 0 aliphatic rings. The molecule has 0 aliphatic carbocycles. The number of furan rings is 1. The molecule has 0 spiro atoms. The van der Waals surface area contributed by atoms with Crippen molar-refractivity contribution in [3.05, 3.63) is 64.9 Å². The lowest BCUT2D eigenvalue weighted by molar-refractivity contribution is -0.129. The van der Waals surface area contributed by atoms with E-state index >= 15 is 0 Å². The first kappa shape index (κ1) is 18.5. The molecule has 0 aliphatic heterocycles. The summed E-state index contributed by atoms with van der Waals surface area (Å²) >= 11 is 0. The zero-order valence-electron chi connectivity index (χ0n) is 15.6. The maximum Gasteiger partial charge on any atom is 0.276 e. The van der Waals surface area contributed by atoms with Gasteiger partial charge in [0.25, 0.3) is 5.91 Å². The minimum atomic E-state index is -0.435. The molecule has 1 heterocycles. The van der Waals surface area contributed by atoms with Crippen LogP contribution in [0.15, 0.2) is 47.1 Å². The van der Waals surface area contributed by atoms with Crippen molar-refractivity contribution in [2.75, 3.05) is 6.61 Å². The summed E-state index contributed by atoms with van der Waals surface area (Å²) in [4.78, 5) is 24.0. The van der Waals surface area contributed by atoms with Gasteiger partial charge < -0.3 is 9.15 Å². The number of fused-ring (bicyclic) bond motifs is 1. The largest absolute Gasteiger partial charge is 0.484 e. The fraction of sp³-hybridized carbons (Fsp3) is 0.238. The normalized spacial score (nSPS) is 10.6. The number of nitrogens with one attached hydrogen (secondary N) is 2. The minimum Gasteiger partial charge on any atom is -0.484 e. The fourth-order valence-electron chi connectivity index (χ4n) is 2.89. The van der Waals surface area contributed by atoms with Gasteiger partial charge in [0.1, 0.15) is 11.3 Å². The van der Waals surface area contributed by atoms with Gasteiger partial charge in [-0.1, -0.05) is 18.2 Å². The average Bonchev–Trinajstić information content (AvgIpc) is 2.99. The lowest BCUT2D eigenvalue weighted by Crippen LogP contribution is -2.44. The summed E-state index contributed by atoms with van der Waals surface area (Å²) in [6.07, 6.45) is 1.67. The number of hydrazine groups is 1. The lowest BCUT2D eigenvalue weighted by Gasteiger charge is -2.09. The molecule has 3 rings (SSSR count). The Morgan fingerprint density at radius 2 is 1.63 bits per heavy atom. The van der Waals surface area contributed by atoms with E-state index in [0.29, 0.717) is 5.75 Å². The molecule has 2 aromatic carbocycles. The van der Waals surface area contributed by atoms with Gasteiger partial charge in [-0.2, -0.15) is 0 Å². The highest BCUT2D eigenvalue weighted by molar-refractivity contribution is 5.89. The van der Waals surface area contributed by atoms with Gasteiger partial charge in [-0.25, -0.2) is 0 Å². The van der Waals surface area contributed by atoms with Crippen LogP contribution in [-0.4, -0.2) is 18.4 Å². The Kier molecular flexibility index (Phi) is 5.45. The van der Waals surface area contributed by atoms with Crippen LogP contribution in [-0.2, 0) is 16.0 Å². The molecule has 0 saturated carbocycles. The number of rotatable bonds is 5. The van der Waals surface area contributed by atoms with E-state index in [-0.39, 0.29) is 18.9 Å². The lowest BCUT2D eigenvalue weighted by atomic mass is 10.1. The number of carbonyl (C=O) groups is 2. The van der Waals surface area contributed by atoms with Gasteiger partial charge >= 0.3 is 0 Å². The Hall–Kier alpha value is -3.28. The smallest absolute Gasteiger partial charge is 0.276 e. The number of hydrogen-bond acceptors (Lipinski definition) is 4. The monoisotopic (exact) mass is 366 g/mol. The Balaban J connectivity index is 1.48. The molecule has 140 valence electrons. The van der Waals surface area contributed by atoms with Gasteiger partial charge in [0.15, 0.2) is 6.61 Å². The van der Waals surface area contributed by atoms with Crippen molar-refractivity contribution in [2.24, 2.45) is 0 Å². The maximum atomic E-state index is 12.1. The third-order valence-electron chi connectivity index (χ3n) is 4.07. The number of benzene rings is 2. The van der Waals surface area contributed by atoms with Crippen LogP contribution in [0, 0.1) is 20.8 Å². The van der Waals surface area contributed by atoms with Crippen molar-refractivity contribution in [1.29, 1.82) is 0 Å². The quantitative estimate of drug-likeness (QED) is 0.680. The van der Waals surface area contributed by atoms with Crippen LogP contribution in [0.3, 0.4) is 0 Å². The Morgan fingerprint density at radius 1 is 0.926 bits per heavy atom. The van der Waals surface area contributed by atoms with Crippen LogP contribution in [0.4, 0.5) is 0 Å².